The van der Waals surface area contributed by atoms with Crippen LogP contribution in [-0.4, -0.2) is 22.6 Å². The van der Waals surface area contributed by atoms with E-state index in [1.54, 1.807) is 0 Å². The van der Waals surface area contributed by atoms with Crippen molar-refractivity contribution in [3.63, 3.8) is 0 Å². The summed E-state index contributed by atoms with van der Waals surface area (Å²) in [5.41, 5.74) is 8.09. The van der Waals surface area contributed by atoms with Crippen LogP contribution >= 0.6 is 0 Å². The van der Waals surface area contributed by atoms with Gasteiger partial charge in [0.05, 0.1) is 0 Å². The topological polar surface area (TPSA) is 61.0 Å². The van der Waals surface area contributed by atoms with Crippen LogP contribution in [0.15, 0.2) is 42.7 Å². The lowest BCUT2D eigenvalue weighted by Crippen LogP contribution is -2.21. The third-order valence-electron chi connectivity index (χ3n) is 3.42. The summed E-state index contributed by atoms with van der Waals surface area (Å²) < 4.78 is 5.81. The van der Waals surface area contributed by atoms with Crippen LogP contribution in [0.1, 0.15) is 43.3 Å². The molecule has 0 spiro atoms. The summed E-state index contributed by atoms with van der Waals surface area (Å²) in [5.74, 6) is 0.692. The highest BCUT2D eigenvalue weighted by Crippen LogP contribution is 2.22. The molecule has 0 aliphatic heterocycles. The molecule has 0 radical (unpaired) electrons. The van der Waals surface area contributed by atoms with Crippen molar-refractivity contribution in [1.82, 2.24) is 9.97 Å². The van der Waals surface area contributed by atoms with Crippen molar-refractivity contribution in [1.29, 1.82) is 0 Å². The van der Waals surface area contributed by atoms with Gasteiger partial charge in [-0.2, -0.15) is 0 Å². The number of ether oxygens (including phenoxy) is 1. The first-order chi connectivity index (χ1) is 10.2. The van der Waals surface area contributed by atoms with Crippen LogP contribution in [0.2, 0.25) is 0 Å². The van der Waals surface area contributed by atoms with Gasteiger partial charge in [0.1, 0.15) is 6.10 Å². The summed E-state index contributed by atoms with van der Waals surface area (Å²) in [6.07, 6.45) is 5.25. The third kappa shape index (κ3) is 4.34. The van der Waals surface area contributed by atoms with Gasteiger partial charge in [0.15, 0.2) is 5.82 Å². The van der Waals surface area contributed by atoms with E-state index in [1.165, 1.54) is 0 Å². The lowest BCUT2D eigenvalue weighted by atomic mass is 10.1. The predicted octanol–water partition coefficient (Wildman–Crippen LogP) is 2.88. The van der Waals surface area contributed by atoms with E-state index < -0.39 is 0 Å². The number of benzene rings is 1. The first kappa shape index (κ1) is 15.6. The predicted molar refractivity (Wildman–Crippen MR) is 83.9 cm³/mol. The average Bonchev–Trinajstić information content (AvgIpc) is 2.54. The Hall–Kier alpha value is -1.78. The normalized spacial score (nSPS) is 13.9. The summed E-state index contributed by atoms with van der Waals surface area (Å²) in [6, 6.07) is 10.2. The second-order valence-corrected chi connectivity index (χ2v) is 5.07. The monoisotopic (exact) mass is 285 g/mol. The Morgan fingerprint density at radius 2 is 1.76 bits per heavy atom. The minimum atomic E-state index is -0.218. The molecule has 2 rings (SSSR count). The highest BCUT2D eigenvalue weighted by atomic mass is 16.5. The lowest BCUT2D eigenvalue weighted by molar-refractivity contribution is 0.0850. The maximum absolute atomic E-state index is 5.96. The highest BCUT2D eigenvalue weighted by molar-refractivity contribution is 5.23. The van der Waals surface area contributed by atoms with E-state index in [2.05, 4.69) is 16.9 Å². The highest BCUT2D eigenvalue weighted by Gasteiger charge is 2.17. The summed E-state index contributed by atoms with van der Waals surface area (Å²) in [5, 5.41) is 0. The van der Waals surface area contributed by atoms with Gasteiger partial charge in [0, 0.05) is 25.0 Å². The molecule has 21 heavy (non-hydrogen) atoms. The van der Waals surface area contributed by atoms with Crippen LogP contribution in [0.4, 0.5) is 0 Å². The molecule has 112 valence electrons. The summed E-state index contributed by atoms with van der Waals surface area (Å²) >= 11 is 0. The van der Waals surface area contributed by atoms with Crippen LogP contribution in [0.3, 0.4) is 0 Å². The van der Waals surface area contributed by atoms with Crippen LogP contribution in [0.25, 0.3) is 0 Å². The largest absolute Gasteiger partial charge is 0.366 e. The molecule has 1 aromatic carbocycles. The molecule has 4 nitrogen and oxygen atoms in total. The second kappa shape index (κ2) is 7.86. The van der Waals surface area contributed by atoms with E-state index in [0.29, 0.717) is 12.4 Å². The van der Waals surface area contributed by atoms with Gasteiger partial charge in [-0.15, -0.1) is 0 Å². The van der Waals surface area contributed by atoms with Crippen molar-refractivity contribution in [2.24, 2.45) is 5.73 Å². The van der Waals surface area contributed by atoms with Gasteiger partial charge in [-0.1, -0.05) is 37.3 Å². The Morgan fingerprint density at radius 3 is 2.33 bits per heavy atom. The van der Waals surface area contributed by atoms with Crippen LogP contribution in [0, 0.1) is 0 Å². The Bertz CT molecular complexity index is 527. The van der Waals surface area contributed by atoms with Gasteiger partial charge in [0.25, 0.3) is 0 Å². The SMILES string of the molecule is CCOC(c1ccccc1)c1ncc(CC(N)CC)cn1. The first-order valence-corrected chi connectivity index (χ1v) is 7.47. The average molecular weight is 285 g/mol. The van der Waals surface area contributed by atoms with E-state index in [-0.39, 0.29) is 12.1 Å². The molecule has 4 heteroatoms. The standard InChI is InChI=1S/C17H23N3O/c1-3-15(18)10-13-11-19-17(20-12-13)16(21-4-2)14-8-6-5-7-9-14/h5-9,11-12,15-16H,3-4,10,18H2,1-2H3. The minimum Gasteiger partial charge on any atom is -0.366 e. The summed E-state index contributed by atoms with van der Waals surface area (Å²) in [4.78, 5) is 8.94. The number of hydrogen-bond acceptors (Lipinski definition) is 4. The third-order valence-corrected chi connectivity index (χ3v) is 3.42. The minimum absolute atomic E-state index is 0.163. The zero-order chi connectivity index (χ0) is 15.1. The van der Waals surface area contributed by atoms with Gasteiger partial charge >= 0.3 is 0 Å². The molecule has 1 heterocycles. The molecule has 2 N–H and O–H groups in total. The molecule has 0 saturated heterocycles. The van der Waals surface area contributed by atoms with E-state index in [4.69, 9.17) is 10.5 Å². The molecule has 0 aliphatic carbocycles. The molecular weight excluding hydrogens is 262 g/mol. The maximum Gasteiger partial charge on any atom is 0.161 e. The zero-order valence-electron chi connectivity index (χ0n) is 12.7. The molecule has 2 unspecified atom stereocenters. The molecule has 1 aromatic heterocycles. The molecule has 2 aromatic rings. The fourth-order valence-corrected chi connectivity index (χ4v) is 2.17. The molecular formula is C17H23N3O. The van der Waals surface area contributed by atoms with Crippen molar-refractivity contribution in [3.05, 3.63) is 59.7 Å². The number of aromatic nitrogens is 2. The van der Waals surface area contributed by atoms with Gasteiger partial charge < -0.3 is 10.5 Å². The molecule has 0 aliphatic rings. The second-order valence-electron chi connectivity index (χ2n) is 5.07. The fourth-order valence-electron chi connectivity index (χ4n) is 2.17. The molecule has 0 fully saturated rings. The van der Waals surface area contributed by atoms with Gasteiger partial charge in [0.2, 0.25) is 0 Å². The van der Waals surface area contributed by atoms with Crippen LogP contribution in [0.5, 0.6) is 0 Å². The number of nitrogens with two attached hydrogens (primary N) is 1. The first-order valence-electron chi connectivity index (χ1n) is 7.47. The molecule has 0 saturated carbocycles. The Kier molecular flexibility index (Phi) is 5.84. The van der Waals surface area contributed by atoms with Gasteiger partial charge in [-0.25, -0.2) is 9.97 Å². The van der Waals surface area contributed by atoms with E-state index in [9.17, 15) is 0 Å². The zero-order valence-corrected chi connectivity index (χ0v) is 12.7. The van der Waals surface area contributed by atoms with E-state index >= 15 is 0 Å². The van der Waals surface area contributed by atoms with Crippen LogP contribution in [-0.2, 0) is 11.2 Å². The molecule has 0 bridgehead atoms. The maximum atomic E-state index is 5.96. The lowest BCUT2D eigenvalue weighted by Gasteiger charge is -2.16. The van der Waals surface area contributed by atoms with Crippen molar-refractivity contribution >= 4 is 0 Å². The quantitative estimate of drug-likeness (QED) is 0.849. The van der Waals surface area contributed by atoms with Crippen LogP contribution < -0.4 is 5.73 Å². The molecule has 2 atom stereocenters. The number of hydrogen-bond donors (Lipinski definition) is 1. The smallest absolute Gasteiger partial charge is 0.161 e. The van der Waals surface area contributed by atoms with Gasteiger partial charge in [-0.05, 0) is 30.9 Å². The summed E-state index contributed by atoms with van der Waals surface area (Å²) in [6.45, 7) is 4.68. The Labute approximate surface area is 126 Å². The van der Waals surface area contributed by atoms with Gasteiger partial charge in [-0.3, -0.25) is 0 Å². The van der Waals surface area contributed by atoms with E-state index in [0.717, 1.165) is 24.0 Å². The van der Waals surface area contributed by atoms with E-state index in [1.807, 2.05) is 49.6 Å². The fraction of sp³-hybridized carbons (Fsp3) is 0.412. The number of rotatable bonds is 7. The number of nitrogens with zero attached hydrogens (tertiary/aromatic N) is 2. The van der Waals surface area contributed by atoms with Crippen molar-refractivity contribution in [3.8, 4) is 0 Å². The van der Waals surface area contributed by atoms with Crippen molar-refractivity contribution in [2.75, 3.05) is 6.61 Å². The Balaban J connectivity index is 2.18. The molecule has 0 amide bonds. The Morgan fingerprint density at radius 1 is 1.10 bits per heavy atom. The summed E-state index contributed by atoms with van der Waals surface area (Å²) in [7, 11) is 0. The van der Waals surface area contributed by atoms with Crippen molar-refractivity contribution in [2.45, 2.75) is 38.8 Å². The van der Waals surface area contributed by atoms with Crippen molar-refractivity contribution < 1.29 is 4.74 Å².